The van der Waals surface area contributed by atoms with Gasteiger partial charge in [-0.25, -0.2) is 0 Å². The Morgan fingerprint density at radius 1 is 1.11 bits per heavy atom. The van der Waals surface area contributed by atoms with Gasteiger partial charge in [-0.05, 0) is 37.1 Å². The highest BCUT2D eigenvalue weighted by Crippen LogP contribution is 2.39. The Balaban J connectivity index is 1.92. The van der Waals surface area contributed by atoms with Gasteiger partial charge in [0.15, 0.2) is 11.9 Å². The molecule has 1 aliphatic rings. The Morgan fingerprint density at radius 2 is 1.79 bits per heavy atom. The maximum absolute atomic E-state index is 12.8. The van der Waals surface area contributed by atoms with E-state index in [1.807, 2.05) is 0 Å². The molecule has 0 spiro atoms. The molecule has 1 aromatic heterocycles. The van der Waals surface area contributed by atoms with E-state index >= 15 is 0 Å². The molecule has 0 radical (unpaired) electrons. The molecule has 0 fully saturated rings. The highest BCUT2D eigenvalue weighted by atomic mass is 19.4. The van der Waals surface area contributed by atoms with Crippen LogP contribution in [0.15, 0.2) is 18.2 Å². The third-order valence-electron chi connectivity index (χ3n) is 4.47. The molecule has 3 rings (SSSR count). The lowest BCUT2D eigenvalue weighted by atomic mass is 9.99. The summed E-state index contributed by atoms with van der Waals surface area (Å²) in [5, 5.41) is 27.0. The minimum Gasteiger partial charge on any atom is -0.507 e. The third kappa shape index (κ3) is 3.84. The number of aliphatic hydroxyl groups is 1. The summed E-state index contributed by atoms with van der Waals surface area (Å²) in [6.07, 6.45) is -11.6. The van der Waals surface area contributed by atoms with Crippen LogP contribution in [0.5, 0.6) is 5.75 Å². The van der Waals surface area contributed by atoms with E-state index in [-0.39, 0.29) is 29.2 Å². The highest BCUT2D eigenvalue weighted by Gasteiger charge is 2.40. The number of halogens is 6. The Bertz CT molecular complexity index is 874. The van der Waals surface area contributed by atoms with E-state index in [0.717, 1.165) is 6.07 Å². The number of aromatic hydroxyl groups is 1. The molecule has 0 unspecified atom stereocenters. The maximum Gasteiger partial charge on any atom is 0.416 e. The summed E-state index contributed by atoms with van der Waals surface area (Å²) in [4.78, 5) is 1.24. The molecule has 0 bridgehead atoms. The topological polar surface area (TPSA) is 69.5 Å². The second-order valence-electron chi connectivity index (χ2n) is 6.52. The van der Waals surface area contributed by atoms with Crippen LogP contribution in [-0.2, 0) is 12.6 Å². The maximum atomic E-state index is 12.8. The van der Waals surface area contributed by atoms with E-state index in [4.69, 9.17) is 0 Å². The van der Waals surface area contributed by atoms with E-state index in [0.29, 0.717) is 18.1 Å². The number of aromatic nitrogens is 2. The first kappa shape index (κ1) is 20.2. The van der Waals surface area contributed by atoms with E-state index in [1.165, 1.54) is 17.9 Å². The number of phenolic OH excluding ortho intramolecular Hbond substituents is 1. The Morgan fingerprint density at radius 3 is 2.36 bits per heavy atom. The van der Waals surface area contributed by atoms with Gasteiger partial charge in [0.1, 0.15) is 5.75 Å². The molecule has 1 aliphatic heterocycles. The average molecular weight is 407 g/mol. The normalized spacial score (nSPS) is 15.6. The predicted octanol–water partition coefficient (Wildman–Crippen LogP) is 3.46. The van der Waals surface area contributed by atoms with Gasteiger partial charge in [-0.15, -0.1) is 10.2 Å². The fourth-order valence-electron chi connectivity index (χ4n) is 3.11. The molecular weight excluding hydrogens is 392 g/mol. The quantitative estimate of drug-likeness (QED) is 0.763. The van der Waals surface area contributed by atoms with Crippen molar-refractivity contribution in [3.63, 3.8) is 0 Å². The molecule has 0 saturated carbocycles. The van der Waals surface area contributed by atoms with Gasteiger partial charge in [-0.1, -0.05) is 0 Å². The zero-order valence-electron chi connectivity index (χ0n) is 14.4. The molecule has 0 amide bonds. The van der Waals surface area contributed by atoms with E-state index < -0.39 is 36.3 Å². The van der Waals surface area contributed by atoms with Crippen molar-refractivity contribution in [1.82, 2.24) is 10.2 Å². The van der Waals surface area contributed by atoms with Gasteiger partial charge in [0.2, 0.25) is 0 Å². The summed E-state index contributed by atoms with van der Waals surface area (Å²) in [7, 11) is 0. The smallest absolute Gasteiger partial charge is 0.416 e. The second kappa shape index (κ2) is 6.80. The van der Waals surface area contributed by atoms with Gasteiger partial charge in [0.25, 0.3) is 0 Å². The van der Waals surface area contributed by atoms with Crippen LogP contribution in [0.2, 0.25) is 0 Å². The molecule has 28 heavy (non-hydrogen) atoms. The van der Waals surface area contributed by atoms with Crippen LogP contribution < -0.4 is 4.90 Å². The van der Waals surface area contributed by atoms with Crippen LogP contribution in [-0.4, -0.2) is 45.8 Å². The fourth-order valence-corrected chi connectivity index (χ4v) is 3.11. The SMILES string of the molecule is Cc1cc(C(F)(F)F)cc(O)c1-c1cc2c(nn1)N(C[C@H](O)C(F)(F)F)CC2. The first-order valence-electron chi connectivity index (χ1n) is 8.15. The number of nitrogens with zero attached hydrogens (tertiary/aromatic N) is 3. The number of aliphatic hydroxyl groups excluding tert-OH is 1. The molecule has 2 aromatic rings. The van der Waals surface area contributed by atoms with Crippen molar-refractivity contribution in [2.45, 2.75) is 31.8 Å². The number of benzene rings is 1. The summed E-state index contributed by atoms with van der Waals surface area (Å²) < 4.78 is 76.2. The Kier molecular flexibility index (Phi) is 4.90. The Hall–Kier alpha value is -2.56. The summed E-state index contributed by atoms with van der Waals surface area (Å²) >= 11 is 0. The fraction of sp³-hybridized carbons (Fsp3) is 0.412. The van der Waals surface area contributed by atoms with E-state index in [2.05, 4.69) is 10.2 Å². The first-order valence-corrected chi connectivity index (χ1v) is 8.15. The van der Waals surface area contributed by atoms with Crippen molar-refractivity contribution >= 4 is 5.82 Å². The van der Waals surface area contributed by atoms with Crippen LogP contribution >= 0.6 is 0 Å². The van der Waals surface area contributed by atoms with Gasteiger partial charge >= 0.3 is 12.4 Å². The molecule has 1 atom stereocenters. The lowest BCUT2D eigenvalue weighted by Crippen LogP contribution is -2.40. The van der Waals surface area contributed by atoms with Crippen LogP contribution in [0.4, 0.5) is 32.2 Å². The van der Waals surface area contributed by atoms with Crippen molar-refractivity contribution in [2.75, 3.05) is 18.0 Å². The molecule has 11 heteroatoms. The molecule has 152 valence electrons. The van der Waals surface area contributed by atoms with Crippen molar-refractivity contribution in [3.05, 3.63) is 34.9 Å². The van der Waals surface area contributed by atoms with Crippen LogP contribution in [0, 0.1) is 6.92 Å². The second-order valence-corrected chi connectivity index (χ2v) is 6.52. The molecule has 5 nitrogen and oxygen atoms in total. The number of hydrogen-bond donors (Lipinski definition) is 2. The van der Waals surface area contributed by atoms with E-state index in [9.17, 15) is 36.6 Å². The minimum atomic E-state index is -4.76. The number of aryl methyl sites for hydroxylation is 1. The van der Waals surface area contributed by atoms with Gasteiger partial charge in [-0.2, -0.15) is 26.3 Å². The minimum absolute atomic E-state index is 0.0667. The first-order chi connectivity index (χ1) is 12.9. The van der Waals surface area contributed by atoms with Crippen molar-refractivity contribution in [1.29, 1.82) is 0 Å². The Labute approximate surface area is 155 Å². The number of phenols is 1. The number of β-amino-alcohol motifs (C(OH)–C–C–N with tert-alkyl or cyclic N) is 1. The zero-order chi connectivity index (χ0) is 20.9. The molecule has 2 N–H and O–H groups in total. The summed E-state index contributed by atoms with van der Waals surface area (Å²) in [5.41, 5.74) is -0.174. The number of rotatable bonds is 3. The van der Waals surface area contributed by atoms with Crippen molar-refractivity contribution in [3.8, 4) is 17.0 Å². The van der Waals surface area contributed by atoms with Crippen molar-refractivity contribution < 1.29 is 36.6 Å². The monoisotopic (exact) mass is 407 g/mol. The zero-order valence-corrected chi connectivity index (χ0v) is 14.4. The lowest BCUT2D eigenvalue weighted by Gasteiger charge is -2.23. The molecule has 0 saturated heterocycles. The van der Waals surface area contributed by atoms with Gasteiger partial charge < -0.3 is 15.1 Å². The molecule has 0 aliphatic carbocycles. The summed E-state index contributed by atoms with van der Waals surface area (Å²) in [6.45, 7) is 0.860. The number of alkyl halides is 6. The predicted molar refractivity (Wildman–Crippen MR) is 86.9 cm³/mol. The third-order valence-corrected chi connectivity index (χ3v) is 4.47. The standard InChI is InChI=1S/C17H15F6N3O2/c1-8-4-10(16(18,19)20)6-12(27)14(8)11-5-9-2-3-26(15(9)25-24-11)7-13(28)17(21,22)23/h4-6,13,27-28H,2-3,7H2,1H3/t13-/m0/s1. The van der Waals surface area contributed by atoms with Gasteiger partial charge in [0.05, 0.1) is 17.8 Å². The van der Waals surface area contributed by atoms with Gasteiger partial charge in [0, 0.05) is 17.7 Å². The molecular formula is C17H15F6N3O2. The van der Waals surface area contributed by atoms with Crippen LogP contribution in [0.3, 0.4) is 0 Å². The molecule has 2 heterocycles. The number of hydrogen-bond acceptors (Lipinski definition) is 5. The lowest BCUT2D eigenvalue weighted by molar-refractivity contribution is -0.200. The van der Waals surface area contributed by atoms with Gasteiger partial charge in [-0.3, -0.25) is 0 Å². The van der Waals surface area contributed by atoms with Crippen molar-refractivity contribution in [2.24, 2.45) is 0 Å². The molecule has 1 aromatic carbocycles. The highest BCUT2D eigenvalue weighted by molar-refractivity contribution is 5.73. The van der Waals surface area contributed by atoms with Crippen LogP contribution in [0.25, 0.3) is 11.3 Å². The van der Waals surface area contributed by atoms with Crippen LogP contribution in [0.1, 0.15) is 16.7 Å². The summed E-state index contributed by atoms with van der Waals surface area (Å²) in [5.74, 6) is -0.458. The summed E-state index contributed by atoms with van der Waals surface area (Å²) in [6, 6.07) is 2.93. The largest absolute Gasteiger partial charge is 0.507 e. The number of fused-ring (bicyclic) bond motifs is 1. The average Bonchev–Trinajstić information content (AvgIpc) is 2.95. The number of anilines is 1. The van der Waals surface area contributed by atoms with E-state index in [1.54, 1.807) is 0 Å².